The van der Waals surface area contributed by atoms with E-state index in [2.05, 4.69) is 42.4 Å². The standard InChI is InChI=1S/C19H26N2O3/c1-4-14(24-15-11-23-12-15)5-7-20-10-17-16-6-8-21-19(16)13(2)9-18(17)22-3/h5-6,8-9,15,20-21H,4,7,10-12H2,1-3H3/b14-5+. The number of nitrogens with one attached hydrogen (secondary N) is 2. The maximum atomic E-state index is 5.87. The lowest BCUT2D eigenvalue weighted by Gasteiger charge is -2.27. The second-order valence-corrected chi connectivity index (χ2v) is 6.07. The van der Waals surface area contributed by atoms with Gasteiger partial charge in [-0.2, -0.15) is 0 Å². The largest absolute Gasteiger partial charge is 0.496 e. The SMILES string of the molecule is CC/C(=C\CNCc1c(OC)cc(C)c2[nH]ccc12)OC1COC1. The number of H-pyrrole nitrogens is 1. The van der Waals surface area contributed by atoms with Crippen molar-refractivity contribution < 1.29 is 14.2 Å². The molecule has 1 fully saturated rings. The van der Waals surface area contributed by atoms with Gasteiger partial charge >= 0.3 is 0 Å². The van der Waals surface area contributed by atoms with Gasteiger partial charge in [0.2, 0.25) is 0 Å². The summed E-state index contributed by atoms with van der Waals surface area (Å²) >= 11 is 0. The van der Waals surface area contributed by atoms with Gasteiger partial charge in [-0.1, -0.05) is 6.92 Å². The molecule has 1 aliphatic rings. The van der Waals surface area contributed by atoms with E-state index in [1.165, 1.54) is 22.0 Å². The Morgan fingerprint density at radius 3 is 2.96 bits per heavy atom. The molecular weight excluding hydrogens is 304 g/mol. The zero-order valence-corrected chi connectivity index (χ0v) is 14.6. The molecule has 0 spiro atoms. The monoisotopic (exact) mass is 330 g/mol. The number of aromatic nitrogens is 1. The van der Waals surface area contributed by atoms with Crippen molar-refractivity contribution in [3.8, 4) is 5.75 Å². The van der Waals surface area contributed by atoms with Gasteiger partial charge in [-0.25, -0.2) is 0 Å². The molecule has 1 aromatic heterocycles. The summed E-state index contributed by atoms with van der Waals surface area (Å²) in [5, 5.41) is 4.68. The first-order valence-electron chi connectivity index (χ1n) is 8.50. The van der Waals surface area contributed by atoms with E-state index in [9.17, 15) is 0 Å². The fourth-order valence-electron chi connectivity index (χ4n) is 2.96. The molecule has 5 heteroatoms. The van der Waals surface area contributed by atoms with Crippen molar-refractivity contribution in [1.82, 2.24) is 10.3 Å². The minimum atomic E-state index is 0.230. The first-order valence-corrected chi connectivity index (χ1v) is 8.50. The second-order valence-electron chi connectivity index (χ2n) is 6.07. The molecule has 0 unspecified atom stereocenters. The molecule has 1 saturated heterocycles. The molecule has 1 aliphatic heterocycles. The summed E-state index contributed by atoms with van der Waals surface area (Å²) in [6.45, 7) is 7.12. The van der Waals surface area contributed by atoms with Crippen molar-refractivity contribution >= 4 is 10.9 Å². The highest BCUT2D eigenvalue weighted by atomic mass is 16.6. The van der Waals surface area contributed by atoms with Crippen molar-refractivity contribution in [2.24, 2.45) is 0 Å². The number of hydrogen-bond acceptors (Lipinski definition) is 4. The topological polar surface area (TPSA) is 55.5 Å². The first kappa shape index (κ1) is 16.9. The van der Waals surface area contributed by atoms with E-state index in [-0.39, 0.29) is 6.10 Å². The molecule has 130 valence electrons. The Morgan fingerprint density at radius 2 is 2.29 bits per heavy atom. The van der Waals surface area contributed by atoms with Crippen molar-refractivity contribution in [1.29, 1.82) is 0 Å². The Hall–Kier alpha value is -1.98. The van der Waals surface area contributed by atoms with E-state index in [0.717, 1.165) is 31.0 Å². The molecular formula is C19H26N2O3. The van der Waals surface area contributed by atoms with Crippen molar-refractivity contribution in [2.75, 3.05) is 26.9 Å². The molecule has 0 aliphatic carbocycles. The van der Waals surface area contributed by atoms with Crippen LogP contribution in [0.5, 0.6) is 5.75 Å². The van der Waals surface area contributed by atoms with Gasteiger partial charge in [0.25, 0.3) is 0 Å². The van der Waals surface area contributed by atoms with Crippen LogP contribution in [0.1, 0.15) is 24.5 Å². The van der Waals surface area contributed by atoms with E-state index in [4.69, 9.17) is 14.2 Å². The van der Waals surface area contributed by atoms with E-state index in [1.54, 1.807) is 7.11 Å². The number of ether oxygens (including phenoxy) is 3. The van der Waals surface area contributed by atoms with Gasteiger partial charge in [0.05, 0.1) is 26.1 Å². The van der Waals surface area contributed by atoms with Gasteiger partial charge in [0.1, 0.15) is 11.9 Å². The molecule has 0 atom stereocenters. The van der Waals surface area contributed by atoms with Crippen LogP contribution in [0.2, 0.25) is 0 Å². The molecule has 5 nitrogen and oxygen atoms in total. The molecule has 0 bridgehead atoms. The average molecular weight is 330 g/mol. The number of aryl methyl sites for hydroxylation is 1. The second kappa shape index (κ2) is 7.73. The summed E-state index contributed by atoms with van der Waals surface area (Å²) in [5.41, 5.74) is 3.55. The zero-order chi connectivity index (χ0) is 16.9. The van der Waals surface area contributed by atoms with Crippen LogP contribution in [0.15, 0.2) is 30.2 Å². The lowest BCUT2D eigenvalue weighted by atomic mass is 10.0. The van der Waals surface area contributed by atoms with Crippen molar-refractivity contribution in [3.63, 3.8) is 0 Å². The van der Waals surface area contributed by atoms with Gasteiger partial charge in [0.15, 0.2) is 0 Å². The van der Waals surface area contributed by atoms with Crippen LogP contribution in [0.25, 0.3) is 10.9 Å². The summed E-state index contributed by atoms with van der Waals surface area (Å²) in [7, 11) is 1.72. The Balaban J connectivity index is 1.64. The van der Waals surface area contributed by atoms with Gasteiger partial charge in [-0.05, 0) is 30.7 Å². The zero-order valence-electron chi connectivity index (χ0n) is 14.6. The maximum Gasteiger partial charge on any atom is 0.145 e. The molecule has 0 saturated carbocycles. The molecule has 1 aromatic carbocycles. The summed E-state index contributed by atoms with van der Waals surface area (Å²) < 4.78 is 16.6. The van der Waals surface area contributed by atoms with Crippen LogP contribution >= 0.6 is 0 Å². The van der Waals surface area contributed by atoms with Crippen LogP contribution in [-0.4, -0.2) is 38.0 Å². The summed E-state index contributed by atoms with van der Waals surface area (Å²) in [6.07, 6.45) is 5.22. The van der Waals surface area contributed by atoms with Crippen LogP contribution < -0.4 is 10.1 Å². The Bertz CT molecular complexity index is 717. The fraction of sp³-hybridized carbons (Fsp3) is 0.474. The van der Waals surface area contributed by atoms with Gasteiger partial charge in [0, 0.05) is 42.2 Å². The molecule has 24 heavy (non-hydrogen) atoms. The Labute approximate surface area is 143 Å². The number of fused-ring (bicyclic) bond motifs is 1. The predicted octanol–water partition coefficient (Wildman–Crippen LogP) is 3.28. The molecule has 0 amide bonds. The predicted molar refractivity (Wildman–Crippen MR) is 95.4 cm³/mol. The van der Waals surface area contributed by atoms with Gasteiger partial charge < -0.3 is 24.5 Å². The number of rotatable bonds is 8. The number of methoxy groups -OCH3 is 1. The quantitative estimate of drug-likeness (QED) is 0.576. The summed E-state index contributed by atoms with van der Waals surface area (Å²) in [5.74, 6) is 1.95. The third kappa shape index (κ3) is 3.57. The van der Waals surface area contributed by atoms with E-state index in [0.29, 0.717) is 13.2 Å². The normalized spacial score (nSPS) is 15.5. The van der Waals surface area contributed by atoms with Crippen LogP contribution in [0.3, 0.4) is 0 Å². The highest BCUT2D eigenvalue weighted by Crippen LogP contribution is 2.30. The molecule has 2 heterocycles. The lowest BCUT2D eigenvalue weighted by Crippen LogP contribution is -2.35. The summed E-state index contributed by atoms with van der Waals surface area (Å²) in [6, 6.07) is 4.19. The Morgan fingerprint density at radius 1 is 1.46 bits per heavy atom. The van der Waals surface area contributed by atoms with Crippen molar-refractivity contribution in [2.45, 2.75) is 32.9 Å². The number of hydrogen-bond donors (Lipinski definition) is 2. The van der Waals surface area contributed by atoms with E-state index < -0.39 is 0 Å². The summed E-state index contributed by atoms with van der Waals surface area (Å²) in [4.78, 5) is 3.30. The van der Waals surface area contributed by atoms with Crippen LogP contribution in [-0.2, 0) is 16.0 Å². The van der Waals surface area contributed by atoms with Gasteiger partial charge in [-0.3, -0.25) is 0 Å². The number of allylic oxidation sites excluding steroid dienone is 1. The minimum Gasteiger partial charge on any atom is -0.496 e. The average Bonchev–Trinajstić information content (AvgIpc) is 3.04. The highest BCUT2D eigenvalue weighted by molar-refractivity contribution is 5.88. The first-order chi connectivity index (χ1) is 11.7. The smallest absolute Gasteiger partial charge is 0.145 e. The van der Waals surface area contributed by atoms with Crippen LogP contribution in [0.4, 0.5) is 0 Å². The maximum absolute atomic E-state index is 5.87. The number of aromatic amines is 1. The van der Waals surface area contributed by atoms with E-state index >= 15 is 0 Å². The van der Waals surface area contributed by atoms with Gasteiger partial charge in [-0.15, -0.1) is 0 Å². The highest BCUT2D eigenvalue weighted by Gasteiger charge is 2.20. The third-order valence-electron chi connectivity index (χ3n) is 4.38. The fourth-order valence-corrected chi connectivity index (χ4v) is 2.96. The minimum absolute atomic E-state index is 0.230. The van der Waals surface area contributed by atoms with Crippen molar-refractivity contribution in [3.05, 3.63) is 41.3 Å². The lowest BCUT2D eigenvalue weighted by molar-refractivity contribution is -0.109. The number of benzene rings is 1. The van der Waals surface area contributed by atoms with E-state index in [1.807, 2.05) is 6.20 Å². The molecule has 2 aromatic rings. The molecule has 3 rings (SSSR count). The van der Waals surface area contributed by atoms with Crippen LogP contribution in [0, 0.1) is 6.92 Å². The third-order valence-corrected chi connectivity index (χ3v) is 4.38. The molecule has 0 radical (unpaired) electrons. The molecule has 2 N–H and O–H groups in total. The Kier molecular flexibility index (Phi) is 5.43.